The number of rotatable bonds is 5. The fourth-order valence-corrected chi connectivity index (χ4v) is 2.13. The zero-order valence-corrected chi connectivity index (χ0v) is 11.4. The molecule has 0 aliphatic carbocycles. The lowest BCUT2D eigenvalue weighted by Crippen LogP contribution is -2.23. The number of benzene rings is 2. The van der Waals surface area contributed by atoms with Gasteiger partial charge in [-0.3, -0.25) is 0 Å². The van der Waals surface area contributed by atoms with Crippen molar-refractivity contribution < 1.29 is 8.78 Å². The highest BCUT2D eigenvalue weighted by Gasteiger charge is 2.12. The minimum absolute atomic E-state index is 0.298. The molecule has 0 spiro atoms. The first-order chi connectivity index (χ1) is 9.65. The van der Waals surface area contributed by atoms with Crippen molar-refractivity contribution in [2.45, 2.75) is 20.0 Å². The smallest absolute Gasteiger partial charge is 0.146 e. The zero-order chi connectivity index (χ0) is 14.5. The summed E-state index contributed by atoms with van der Waals surface area (Å²) in [6.45, 7) is 3.15. The molecule has 0 aromatic heterocycles. The van der Waals surface area contributed by atoms with E-state index in [9.17, 15) is 8.78 Å². The molecule has 0 bridgehead atoms. The maximum atomic E-state index is 14.0. The van der Waals surface area contributed by atoms with Gasteiger partial charge in [-0.05, 0) is 30.7 Å². The summed E-state index contributed by atoms with van der Waals surface area (Å²) in [5.41, 5.74) is 7.25. The fourth-order valence-electron chi connectivity index (χ4n) is 2.13. The predicted molar refractivity (Wildman–Crippen MR) is 77.4 cm³/mol. The molecule has 0 atom stereocenters. The van der Waals surface area contributed by atoms with Gasteiger partial charge in [-0.15, -0.1) is 0 Å². The highest BCUT2D eigenvalue weighted by Crippen LogP contribution is 2.22. The molecule has 0 unspecified atom stereocenters. The molecule has 0 amide bonds. The summed E-state index contributed by atoms with van der Waals surface area (Å²) in [6, 6.07) is 11.5. The molecule has 0 saturated heterocycles. The van der Waals surface area contributed by atoms with E-state index < -0.39 is 0 Å². The Morgan fingerprint density at radius 2 is 1.80 bits per heavy atom. The van der Waals surface area contributed by atoms with Crippen LogP contribution in [0.4, 0.5) is 14.5 Å². The molecule has 0 heterocycles. The van der Waals surface area contributed by atoms with E-state index in [0.29, 0.717) is 30.9 Å². The Balaban J connectivity index is 2.25. The van der Waals surface area contributed by atoms with Crippen molar-refractivity contribution in [1.82, 2.24) is 0 Å². The molecule has 20 heavy (non-hydrogen) atoms. The molecule has 2 aromatic carbocycles. The average Bonchev–Trinajstić information content (AvgIpc) is 2.47. The second-order valence-corrected chi connectivity index (χ2v) is 4.60. The van der Waals surface area contributed by atoms with Gasteiger partial charge in [0, 0.05) is 25.2 Å². The maximum Gasteiger partial charge on any atom is 0.146 e. The highest BCUT2D eigenvalue weighted by atomic mass is 19.1. The molecular weight excluding hydrogens is 258 g/mol. The Labute approximate surface area is 117 Å². The fraction of sp³-hybridized carbons (Fsp3) is 0.250. The first-order valence-corrected chi connectivity index (χ1v) is 6.62. The SMILES string of the molecule is CCN(Cc1ccc(CN)cc1F)c1ccccc1F. The Kier molecular flexibility index (Phi) is 4.69. The van der Waals surface area contributed by atoms with Gasteiger partial charge in [0.2, 0.25) is 0 Å². The molecule has 0 aliphatic heterocycles. The van der Waals surface area contributed by atoms with E-state index >= 15 is 0 Å². The summed E-state index contributed by atoms with van der Waals surface area (Å²) in [6.07, 6.45) is 0. The summed E-state index contributed by atoms with van der Waals surface area (Å²) in [5.74, 6) is -0.601. The van der Waals surface area contributed by atoms with Gasteiger partial charge in [0.05, 0.1) is 5.69 Å². The van der Waals surface area contributed by atoms with Crippen LogP contribution in [0.15, 0.2) is 42.5 Å². The van der Waals surface area contributed by atoms with E-state index in [1.54, 1.807) is 35.2 Å². The van der Waals surface area contributed by atoms with Crippen LogP contribution in [0.2, 0.25) is 0 Å². The first kappa shape index (κ1) is 14.5. The Bertz CT molecular complexity index is 584. The maximum absolute atomic E-state index is 14.0. The number of nitrogens with zero attached hydrogens (tertiary/aromatic N) is 1. The van der Waals surface area contributed by atoms with Crippen molar-refractivity contribution >= 4 is 5.69 Å². The zero-order valence-electron chi connectivity index (χ0n) is 11.4. The second-order valence-electron chi connectivity index (χ2n) is 4.60. The van der Waals surface area contributed by atoms with Crippen LogP contribution >= 0.6 is 0 Å². The lowest BCUT2D eigenvalue weighted by atomic mass is 10.1. The second kappa shape index (κ2) is 6.48. The van der Waals surface area contributed by atoms with E-state index in [4.69, 9.17) is 5.73 Å². The van der Waals surface area contributed by atoms with Gasteiger partial charge in [0.1, 0.15) is 11.6 Å². The minimum Gasteiger partial charge on any atom is -0.365 e. The molecule has 2 rings (SSSR count). The summed E-state index contributed by atoms with van der Waals surface area (Å²) in [4.78, 5) is 1.80. The highest BCUT2D eigenvalue weighted by molar-refractivity contribution is 5.48. The summed E-state index contributed by atoms with van der Waals surface area (Å²) < 4.78 is 27.8. The van der Waals surface area contributed by atoms with Crippen molar-refractivity contribution in [3.05, 3.63) is 65.2 Å². The van der Waals surface area contributed by atoms with E-state index in [1.807, 2.05) is 6.92 Å². The summed E-state index contributed by atoms with van der Waals surface area (Å²) in [5, 5.41) is 0. The van der Waals surface area contributed by atoms with Crippen LogP contribution in [0.25, 0.3) is 0 Å². The monoisotopic (exact) mass is 276 g/mol. The topological polar surface area (TPSA) is 29.3 Å². The number of hydrogen-bond acceptors (Lipinski definition) is 2. The third-order valence-electron chi connectivity index (χ3n) is 3.29. The molecule has 2 aromatic rings. The van der Waals surface area contributed by atoms with Gasteiger partial charge in [-0.1, -0.05) is 24.3 Å². The molecule has 2 nitrogen and oxygen atoms in total. The van der Waals surface area contributed by atoms with Crippen LogP contribution in [0.1, 0.15) is 18.1 Å². The van der Waals surface area contributed by atoms with Crippen LogP contribution in [-0.4, -0.2) is 6.54 Å². The Hall–Kier alpha value is -1.94. The third-order valence-corrected chi connectivity index (χ3v) is 3.29. The number of anilines is 1. The average molecular weight is 276 g/mol. The van der Waals surface area contributed by atoms with Crippen LogP contribution in [0, 0.1) is 11.6 Å². The van der Waals surface area contributed by atoms with E-state index in [-0.39, 0.29) is 11.6 Å². The van der Waals surface area contributed by atoms with Gasteiger partial charge < -0.3 is 10.6 Å². The lowest BCUT2D eigenvalue weighted by molar-refractivity contribution is 0.594. The van der Waals surface area contributed by atoms with Crippen LogP contribution in [-0.2, 0) is 13.1 Å². The van der Waals surface area contributed by atoms with Crippen molar-refractivity contribution in [2.24, 2.45) is 5.73 Å². The van der Waals surface area contributed by atoms with Gasteiger partial charge in [-0.25, -0.2) is 8.78 Å². The van der Waals surface area contributed by atoms with Gasteiger partial charge in [0.15, 0.2) is 0 Å². The van der Waals surface area contributed by atoms with Crippen LogP contribution in [0.5, 0.6) is 0 Å². The molecular formula is C16H18F2N2. The molecule has 0 aliphatic rings. The van der Waals surface area contributed by atoms with Crippen LogP contribution < -0.4 is 10.6 Å². The number of hydrogen-bond donors (Lipinski definition) is 1. The van der Waals surface area contributed by atoms with Crippen LogP contribution in [0.3, 0.4) is 0 Å². The van der Waals surface area contributed by atoms with Crippen molar-refractivity contribution in [1.29, 1.82) is 0 Å². The van der Waals surface area contributed by atoms with Gasteiger partial charge in [-0.2, -0.15) is 0 Å². The minimum atomic E-state index is -0.303. The van der Waals surface area contributed by atoms with Crippen molar-refractivity contribution in [2.75, 3.05) is 11.4 Å². The van der Waals surface area contributed by atoms with E-state index in [1.165, 1.54) is 12.1 Å². The quantitative estimate of drug-likeness (QED) is 0.906. The lowest BCUT2D eigenvalue weighted by Gasteiger charge is -2.24. The molecule has 0 saturated carbocycles. The number of halogens is 2. The predicted octanol–water partition coefficient (Wildman–Crippen LogP) is 3.45. The van der Waals surface area contributed by atoms with Gasteiger partial charge in [0.25, 0.3) is 0 Å². The molecule has 0 fully saturated rings. The van der Waals surface area contributed by atoms with E-state index in [0.717, 1.165) is 5.56 Å². The van der Waals surface area contributed by atoms with E-state index in [2.05, 4.69) is 0 Å². The molecule has 0 radical (unpaired) electrons. The van der Waals surface area contributed by atoms with Gasteiger partial charge >= 0.3 is 0 Å². The van der Waals surface area contributed by atoms with Crippen molar-refractivity contribution in [3.8, 4) is 0 Å². The molecule has 4 heteroatoms. The Morgan fingerprint density at radius 3 is 2.40 bits per heavy atom. The standard InChI is InChI=1S/C16H18F2N2/c1-2-20(16-6-4-3-5-14(16)17)11-13-8-7-12(10-19)9-15(13)18/h3-9H,2,10-11,19H2,1H3. The normalized spacial score (nSPS) is 10.6. The summed E-state index contributed by atoms with van der Waals surface area (Å²) in [7, 11) is 0. The first-order valence-electron chi connectivity index (χ1n) is 6.62. The molecule has 2 N–H and O–H groups in total. The Morgan fingerprint density at radius 1 is 1.05 bits per heavy atom. The number of para-hydroxylation sites is 1. The van der Waals surface area contributed by atoms with Crippen molar-refractivity contribution in [3.63, 3.8) is 0 Å². The largest absolute Gasteiger partial charge is 0.365 e. The number of nitrogens with two attached hydrogens (primary N) is 1. The third kappa shape index (κ3) is 3.14. The summed E-state index contributed by atoms with van der Waals surface area (Å²) >= 11 is 0. The molecule has 106 valence electrons.